The van der Waals surface area contributed by atoms with Gasteiger partial charge in [-0.2, -0.15) is 0 Å². The van der Waals surface area contributed by atoms with E-state index in [1.807, 2.05) is 18.7 Å². The van der Waals surface area contributed by atoms with E-state index in [1.54, 1.807) is 24.3 Å². The Hall–Kier alpha value is -2.90. The number of carboxylic acids is 1. The number of benzene rings is 1. The molecule has 1 aliphatic heterocycles. The van der Waals surface area contributed by atoms with Crippen LogP contribution in [0.2, 0.25) is 0 Å². The van der Waals surface area contributed by atoms with Crippen LogP contribution >= 0.6 is 0 Å². The summed E-state index contributed by atoms with van der Waals surface area (Å²) in [6, 6.07) is 6.44. The lowest BCUT2D eigenvalue weighted by Crippen LogP contribution is -2.43. The highest BCUT2D eigenvalue weighted by atomic mass is 16.4. The van der Waals surface area contributed by atoms with Crippen LogP contribution in [0.25, 0.3) is 0 Å². The highest BCUT2D eigenvalue weighted by molar-refractivity contribution is 5.96. The van der Waals surface area contributed by atoms with E-state index in [0.29, 0.717) is 37.2 Å². The van der Waals surface area contributed by atoms with Crippen molar-refractivity contribution in [2.24, 2.45) is 11.8 Å². The van der Waals surface area contributed by atoms with Crippen LogP contribution in [0.15, 0.2) is 24.3 Å². The average molecular weight is 389 g/mol. The van der Waals surface area contributed by atoms with Gasteiger partial charge >= 0.3 is 5.97 Å². The maximum Gasteiger partial charge on any atom is 0.305 e. The molecule has 0 radical (unpaired) electrons. The maximum absolute atomic E-state index is 12.5. The van der Waals surface area contributed by atoms with E-state index in [2.05, 4.69) is 10.6 Å². The smallest absolute Gasteiger partial charge is 0.305 e. The Balaban J connectivity index is 1.82. The van der Waals surface area contributed by atoms with Crippen molar-refractivity contribution in [3.8, 4) is 0 Å². The number of piperidine rings is 1. The van der Waals surface area contributed by atoms with Crippen molar-refractivity contribution in [3.05, 3.63) is 29.8 Å². The molecule has 8 heteroatoms. The number of nitrogens with one attached hydrogen (secondary N) is 2. The lowest BCUT2D eigenvalue weighted by atomic mass is 9.95. The summed E-state index contributed by atoms with van der Waals surface area (Å²) in [6.07, 6.45) is 1.13. The largest absolute Gasteiger partial charge is 0.481 e. The minimum atomic E-state index is -0.974. The molecule has 2 rings (SSSR count). The number of nitrogens with zero attached hydrogens (tertiary/aromatic N) is 1. The summed E-state index contributed by atoms with van der Waals surface area (Å²) in [7, 11) is 0. The van der Waals surface area contributed by atoms with Crippen molar-refractivity contribution in [3.63, 3.8) is 0 Å². The second-order valence-corrected chi connectivity index (χ2v) is 7.22. The number of rotatable bonds is 7. The fourth-order valence-electron chi connectivity index (χ4n) is 3.06. The first-order valence-electron chi connectivity index (χ1n) is 9.47. The molecule has 0 bridgehead atoms. The summed E-state index contributed by atoms with van der Waals surface area (Å²) in [5.41, 5.74) is 0.983. The van der Waals surface area contributed by atoms with Crippen LogP contribution in [0.5, 0.6) is 0 Å². The molecule has 0 aliphatic carbocycles. The highest BCUT2D eigenvalue weighted by Gasteiger charge is 2.28. The molecule has 0 unspecified atom stereocenters. The lowest BCUT2D eigenvalue weighted by molar-refractivity contribution is -0.137. The number of carbonyl (C=O) groups is 4. The molecule has 0 spiro atoms. The van der Waals surface area contributed by atoms with Crippen molar-refractivity contribution in [2.75, 3.05) is 25.0 Å². The quantitative estimate of drug-likeness (QED) is 0.657. The Morgan fingerprint density at radius 1 is 1.11 bits per heavy atom. The van der Waals surface area contributed by atoms with Gasteiger partial charge in [-0.05, 0) is 37.1 Å². The van der Waals surface area contributed by atoms with Gasteiger partial charge in [0.15, 0.2) is 0 Å². The van der Waals surface area contributed by atoms with E-state index in [0.717, 1.165) is 0 Å². The molecule has 1 saturated heterocycles. The third-order valence-corrected chi connectivity index (χ3v) is 4.71. The number of hydrogen-bond donors (Lipinski definition) is 3. The number of anilines is 1. The first-order valence-corrected chi connectivity index (χ1v) is 9.47. The number of likely N-dealkylation sites (tertiary alicyclic amines) is 1. The summed E-state index contributed by atoms with van der Waals surface area (Å²) in [4.78, 5) is 48.7. The van der Waals surface area contributed by atoms with Gasteiger partial charge in [-0.1, -0.05) is 13.8 Å². The lowest BCUT2D eigenvalue weighted by Gasteiger charge is -2.32. The molecule has 28 heavy (non-hydrogen) atoms. The fourth-order valence-corrected chi connectivity index (χ4v) is 3.06. The van der Waals surface area contributed by atoms with Gasteiger partial charge in [0.2, 0.25) is 11.8 Å². The molecular formula is C20H27N3O5. The predicted molar refractivity (Wildman–Crippen MR) is 104 cm³/mol. The Kier molecular flexibility index (Phi) is 7.54. The topological polar surface area (TPSA) is 116 Å². The zero-order valence-corrected chi connectivity index (χ0v) is 16.2. The molecule has 1 fully saturated rings. The summed E-state index contributed by atoms with van der Waals surface area (Å²) in [5.74, 6) is -1.48. The Bertz CT molecular complexity index is 722. The number of aliphatic carboxylic acids is 1. The minimum Gasteiger partial charge on any atom is -0.481 e. The van der Waals surface area contributed by atoms with Gasteiger partial charge in [-0.25, -0.2) is 0 Å². The number of carbonyl (C=O) groups excluding carboxylic acids is 3. The molecule has 1 heterocycles. The normalized spacial score (nSPS) is 14.6. The molecule has 0 atom stereocenters. The molecule has 1 aromatic rings. The van der Waals surface area contributed by atoms with Crippen LogP contribution in [0.4, 0.5) is 5.69 Å². The van der Waals surface area contributed by atoms with E-state index < -0.39 is 5.97 Å². The average Bonchev–Trinajstić information content (AvgIpc) is 2.67. The monoisotopic (exact) mass is 389 g/mol. The summed E-state index contributed by atoms with van der Waals surface area (Å²) >= 11 is 0. The molecule has 1 aromatic carbocycles. The van der Waals surface area contributed by atoms with E-state index in [4.69, 9.17) is 5.11 Å². The van der Waals surface area contributed by atoms with Crippen LogP contribution in [0.3, 0.4) is 0 Å². The SMILES string of the molecule is CC(C)C(=O)N1CCC(C(=O)Nc2ccc(C(=O)NCCC(=O)O)cc2)CC1. The number of carboxylic acid groups (broad SMARTS) is 1. The van der Waals surface area contributed by atoms with Crippen molar-refractivity contribution in [1.82, 2.24) is 10.2 Å². The Morgan fingerprint density at radius 3 is 2.25 bits per heavy atom. The standard InChI is InChI=1S/C20H27N3O5/c1-13(2)20(28)23-11-8-15(9-12-23)19(27)22-16-5-3-14(4-6-16)18(26)21-10-7-17(24)25/h3-6,13,15H,7-12H2,1-2H3,(H,21,26)(H,22,27)(H,24,25). The third kappa shape index (κ3) is 6.07. The van der Waals surface area contributed by atoms with Crippen LogP contribution in [-0.2, 0) is 14.4 Å². The summed E-state index contributed by atoms with van der Waals surface area (Å²) < 4.78 is 0. The molecule has 1 aliphatic rings. The van der Waals surface area contributed by atoms with E-state index >= 15 is 0 Å². The van der Waals surface area contributed by atoms with Crippen LogP contribution < -0.4 is 10.6 Å². The first kappa shape index (κ1) is 21.4. The molecule has 0 saturated carbocycles. The molecule has 3 N–H and O–H groups in total. The zero-order valence-electron chi connectivity index (χ0n) is 16.2. The highest BCUT2D eigenvalue weighted by Crippen LogP contribution is 2.21. The number of amides is 3. The summed E-state index contributed by atoms with van der Waals surface area (Å²) in [5, 5.41) is 14.0. The van der Waals surface area contributed by atoms with Gasteiger partial charge in [0.05, 0.1) is 6.42 Å². The number of hydrogen-bond acceptors (Lipinski definition) is 4. The molecule has 0 aromatic heterocycles. The summed E-state index contributed by atoms with van der Waals surface area (Å²) in [6.45, 7) is 4.98. The molecule has 8 nitrogen and oxygen atoms in total. The van der Waals surface area contributed by atoms with E-state index in [-0.39, 0.29) is 42.5 Å². The Labute approximate surface area is 164 Å². The molecule has 3 amide bonds. The van der Waals surface area contributed by atoms with Crippen molar-refractivity contribution in [2.45, 2.75) is 33.1 Å². The fraction of sp³-hybridized carbons (Fsp3) is 0.500. The van der Waals surface area contributed by atoms with Gasteiger partial charge in [0, 0.05) is 42.7 Å². The first-order chi connectivity index (χ1) is 13.3. The zero-order chi connectivity index (χ0) is 20.7. The second kappa shape index (κ2) is 9.87. The van der Waals surface area contributed by atoms with E-state index in [1.165, 1.54) is 0 Å². The van der Waals surface area contributed by atoms with Gasteiger partial charge < -0.3 is 20.6 Å². The van der Waals surface area contributed by atoms with Gasteiger partial charge in [0.1, 0.15) is 0 Å². The molecule has 152 valence electrons. The maximum atomic E-state index is 12.5. The molecular weight excluding hydrogens is 362 g/mol. The van der Waals surface area contributed by atoms with E-state index in [9.17, 15) is 19.2 Å². The van der Waals surface area contributed by atoms with Crippen LogP contribution in [0.1, 0.15) is 43.5 Å². The van der Waals surface area contributed by atoms with Crippen molar-refractivity contribution < 1.29 is 24.3 Å². The van der Waals surface area contributed by atoms with Gasteiger partial charge in [0.25, 0.3) is 5.91 Å². The predicted octanol–water partition coefficient (Wildman–Crippen LogP) is 1.72. The van der Waals surface area contributed by atoms with Crippen molar-refractivity contribution in [1.29, 1.82) is 0 Å². The van der Waals surface area contributed by atoms with Gasteiger partial charge in [-0.15, -0.1) is 0 Å². The van der Waals surface area contributed by atoms with Crippen LogP contribution in [0, 0.1) is 11.8 Å². The second-order valence-electron chi connectivity index (χ2n) is 7.22. The van der Waals surface area contributed by atoms with Crippen LogP contribution in [-0.4, -0.2) is 53.3 Å². The minimum absolute atomic E-state index is 0.0368. The van der Waals surface area contributed by atoms with Gasteiger partial charge in [-0.3, -0.25) is 19.2 Å². The Morgan fingerprint density at radius 2 is 1.71 bits per heavy atom. The van der Waals surface area contributed by atoms with Crippen molar-refractivity contribution >= 4 is 29.4 Å². The third-order valence-electron chi connectivity index (χ3n) is 4.71.